The lowest BCUT2D eigenvalue weighted by Gasteiger charge is -2.13. The van der Waals surface area contributed by atoms with Crippen LogP contribution >= 0.6 is 22.9 Å². The van der Waals surface area contributed by atoms with Gasteiger partial charge in [0, 0.05) is 6.20 Å². The number of thiophene rings is 1. The molecule has 4 aromatic rings. The Labute approximate surface area is 236 Å². The van der Waals surface area contributed by atoms with Crippen molar-refractivity contribution in [2.45, 2.75) is 6.92 Å². The second kappa shape index (κ2) is 12.0. The number of aryl methyl sites for hydroxylation is 1. The first-order valence-electron chi connectivity index (χ1n) is 11.3. The number of halogens is 1. The first kappa shape index (κ1) is 27.7. The van der Waals surface area contributed by atoms with Gasteiger partial charge in [-0.3, -0.25) is 9.59 Å². The molecule has 12 heteroatoms. The van der Waals surface area contributed by atoms with Gasteiger partial charge in [-0.05, 0) is 72.5 Å². The highest BCUT2D eigenvalue weighted by atomic mass is 35.5. The van der Waals surface area contributed by atoms with Crippen LogP contribution in [0.2, 0.25) is 5.15 Å². The number of ether oxygens (including phenoxy) is 1. The minimum atomic E-state index is -1.18. The van der Waals surface area contributed by atoms with E-state index >= 15 is 0 Å². The maximum Gasteiger partial charge on any atom is 0.348 e. The van der Waals surface area contributed by atoms with Crippen molar-refractivity contribution in [3.8, 4) is 12.1 Å². The summed E-state index contributed by atoms with van der Waals surface area (Å²) in [4.78, 5) is 55.9. The van der Waals surface area contributed by atoms with Gasteiger partial charge in [0.15, 0.2) is 0 Å². The zero-order chi connectivity index (χ0) is 28.8. The Hall–Kier alpha value is -5.36. The molecule has 0 aliphatic rings. The van der Waals surface area contributed by atoms with E-state index in [1.54, 1.807) is 18.4 Å². The lowest BCUT2D eigenvalue weighted by molar-refractivity contribution is 0.0399. The van der Waals surface area contributed by atoms with E-state index in [4.69, 9.17) is 16.3 Å². The summed E-state index contributed by atoms with van der Waals surface area (Å²) in [5.74, 6) is -3.46. The molecule has 0 fully saturated rings. The van der Waals surface area contributed by atoms with E-state index in [1.165, 1.54) is 60.0 Å². The van der Waals surface area contributed by atoms with Crippen LogP contribution in [0.1, 0.15) is 57.4 Å². The Balaban J connectivity index is 1.62. The smallest absolute Gasteiger partial charge is 0.348 e. The highest BCUT2D eigenvalue weighted by Gasteiger charge is 2.24. The van der Waals surface area contributed by atoms with Crippen molar-refractivity contribution in [1.82, 2.24) is 4.98 Å². The SMILES string of the molecule is Cc1ccsc1C(=O)Nc1ccc(C#N)cc1C(=O)OC(=O)c1cc(C#N)ccc1NC(=O)c1ccc(Cl)nc1. The predicted molar refractivity (Wildman–Crippen MR) is 146 cm³/mol. The molecule has 0 bridgehead atoms. The van der Waals surface area contributed by atoms with Crippen LogP contribution < -0.4 is 10.6 Å². The van der Waals surface area contributed by atoms with Crippen LogP contribution in [0.4, 0.5) is 11.4 Å². The van der Waals surface area contributed by atoms with Crippen LogP contribution in [-0.4, -0.2) is 28.7 Å². The Morgan fingerprint density at radius 3 is 1.90 bits per heavy atom. The van der Waals surface area contributed by atoms with Crippen LogP contribution in [0, 0.1) is 29.6 Å². The number of pyridine rings is 1. The Bertz CT molecular complexity index is 1750. The van der Waals surface area contributed by atoms with Gasteiger partial charge < -0.3 is 15.4 Å². The summed E-state index contributed by atoms with van der Waals surface area (Å²) >= 11 is 6.97. The molecule has 0 unspecified atom stereocenters. The molecule has 10 nitrogen and oxygen atoms in total. The molecular weight excluding hydrogens is 554 g/mol. The number of amides is 2. The number of carbonyl (C=O) groups excluding carboxylic acids is 4. The number of anilines is 2. The van der Waals surface area contributed by atoms with Gasteiger partial charge in [0.05, 0.1) is 56.2 Å². The molecule has 2 amide bonds. The maximum absolute atomic E-state index is 13.1. The molecule has 2 aromatic carbocycles. The van der Waals surface area contributed by atoms with E-state index < -0.39 is 23.8 Å². The topological polar surface area (TPSA) is 162 Å². The number of nitriles is 2. The monoisotopic (exact) mass is 569 g/mol. The number of esters is 2. The number of rotatable bonds is 6. The molecule has 0 spiro atoms. The summed E-state index contributed by atoms with van der Waals surface area (Å²) < 4.78 is 5.08. The molecule has 2 aromatic heterocycles. The first-order chi connectivity index (χ1) is 19.2. The second-order valence-corrected chi connectivity index (χ2v) is 9.44. The zero-order valence-electron chi connectivity index (χ0n) is 20.5. The number of aromatic nitrogens is 1. The zero-order valence-corrected chi connectivity index (χ0v) is 22.1. The Morgan fingerprint density at radius 2 is 1.43 bits per heavy atom. The molecule has 4 rings (SSSR count). The van der Waals surface area contributed by atoms with Crippen molar-refractivity contribution in [2.24, 2.45) is 0 Å². The summed E-state index contributed by atoms with van der Waals surface area (Å²) in [7, 11) is 0. The number of carbonyl (C=O) groups is 4. The van der Waals surface area contributed by atoms with E-state index in [0.717, 1.165) is 11.6 Å². The molecule has 196 valence electrons. The molecular formula is C28H16ClN5O5S. The third-order valence-electron chi connectivity index (χ3n) is 5.48. The fourth-order valence-corrected chi connectivity index (χ4v) is 4.40. The van der Waals surface area contributed by atoms with Crippen molar-refractivity contribution in [2.75, 3.05) is 10.6 Å². The van der Waals surface area contributed by atoms with Crippen LogP contribution in [0.25, 0.3) is 0 Å². The van der Waals surface area contributed by atoms with Gasteiger partial charge in [0.1, 0.15) is 5.15 Å². The quantitative estimate of drug-likeness (QED) is 0.178. The van der Waals surface area contributed by atoms with E-state index in [2.05, 4.69) is 15.6 Å². The summed E-state index contributed by atoms with van der Waals surface area (Å²) in [6, 6.07) is 16.1. The third-order valence-corrected chi connectivity index (χ3v) is 6.72. The fourth-order valence-electron chi connectivity index (χ4n) is 3.47. The number of nitrogens with zero attached hydrogens (tertiary/aromatic N) is 3. The standard InChI is InChI=1S/C28H16ClN5O5S/c1-15-8-9-40-24(15)26(36)34-22-6-3-17(13-31)11-20(22)28(38)39-27(37)19-10-16(12-30)2-5-21(19)33-25(35)18-4-7-23(29)32-14-18/h2-11,14H,1H3,(H,33,35)(H,34,36). The first-order valence-corrected chi connectivity index (χ1v) is 12.6. The summed E-state index contributed by atoms with van der Waals surface area (Å²) in [5, 5.41) is 25.7. The normalized spacial score (nSPS) is 10.1. The average Bonchev–Trinajstić information content (AvgIpc) is 3.39. The van der Waals surface area contributed by atoms with Crippen molar-refractivity contribution in [3.63, 3.8) is 0 Å². The van der Waals surface area contributed by atoms with Gasteiger partial charge in [-0.25, -0.2) is 14.6 Å². The lowest BCUT2D eigenvalue weighted by Crippen LogP contribution is -2.20. The molecule has 0 saturated heterocycles. The van der Waals surface area contributed by atoms with Crippen molar-refractivity contribution < 1.29 is 23.9 Å². The minimum absolute atomic E-state index is 0.0177. The van der Waals surface area contributed by atoms with Gasteiger partial charge in [0.2, 0.25) is 0 Å². The molecule has 0 atom stereocenters. The Morgan fingerprint density at radius 1 is 0.850 bits per heavy atom. The number of hydrogen-bond acceptors (Lipinski definition) is 9. The molecule has 0 saturated carbocycles. The highest BCUT2D eigenvalue weighted by molar-refractivity contribution is 7.12. The van der Waals surface area contributed by atoms with Gasteiger partial charge in [-0.15, -0.1) is 11.3 Å². The van der Waals surface area contributed by atoms with Gasteiger partial charge >= 0.3 is 11.9 Å². The van der Waals surface area contributed by atoms with E-state index in [-0.39, 0.29) is 44.3 Å². The molecule has 0 radical (unpaired) electrons. The van der Waals surface area contributed by atoms with Gasteiger partial charge in [0.25, 0.3) is 11.8 Å². The minimum Gasteiger partial charge on any atom is -0.386 e. The number of nitrogens with one attached hydrogen (secondary N) is 2. The van der Waals surface area contributed by atoms with Crippen molar-refractivity contribution >= 4 is 58.1 Å². The Kier molecular flexibility index (Phi) is 8.30. The molecule has 0 aliphatic carbocycles. The van der Waals surface area contributed by atoms with Gasteiger partial charge in [-0.1, -0.05) is 11.6 Å². The molecule has 2 N–H and O–H groups in total. The highest BCUT2D eigenvalue weighted by Crippen LogP contribution is 2.25. The molecule has 2 heterocycles. The van der Waals surface area contributed by atoms with Crippen LogP contribution in [-0.2, 0) is 4.74 Å². The fraction of sp³-hybridized carbons (Fsp3) is 0.0357. The number of benzene rings is 2. The lowest BCUT2D eigenvalue weighted by atomic mass is 10.1. The third kappa shape index (κ3) is 6.19. The predicted octanol–water partition coefficient (Wildman–Crippen LogP) is 5.35. The summed E-state index contributed by atoms with van der Waals surface area (Å²) in [6.07, 6.45) is 1.23. The van der Waals surface area contributed by atoms with Crippen LogP contribution in [0.15, 0.2) is 66.2 Å². The summed E-state index contributed by atoms with van der Waals surface area (Å²) in [5.41, 5.74) is 0.476. The van der Waals surface area contributed by atoms with E-state index in [0.29, 0.717) is 4.88 Å². The number of hydrogen-bond donors (Lipinski definition) is 2. The largest absolute Gasteiger partial charge is 0.386 e. The second-order valence-electron chi connectivity index (χ2n) is 8.13. The van der Waals surface area contributed by atoms with Crippen LogP contribution in [0.5, 0.6) is 0 Å². The summed E-state index contributed by atoms with van der Waals surface area (Å²) in [6.45, 7) is 1.76. The van der Waals surface area contributed by atoms with E-state index in [9.17, 15) is 29.7 Å². The molecule has 40 heavy (non-hydrogen) atoms. The average molecular weight is 570 g/mol. The van der Waals surface area contributed by atoms with E-state index in [1.807, 2.05) is 12.1 Å². The maximum atomic E-state index is 13.1. The van der Waals surface area contributed by atoms with Crippen molar-refractivity contribution in [3.05, 3.63) is 110 Å². The van der Waals surface area contributed by atoms with Crippen LogP contribution in [0.3, 0.4) is 0 Å². The van der Waals surface area contributed by atoms with Gasteiger partial charge in [-0.2, -0.15) is 10.5 Å². The molecule has 0 aliphatic heterocycles. The van der Waals surface area contributed by atoms with Crippen molar-refractivity contribution in [1.29, 1.82) is 10.5 Å².